The lowest BCUT2D eigenvalue weighted by Gasteiger charge is -2.09. The van der Waals surface area contributed by atoms with E-state index in [0.717, 1.165) is 13.2 Å². The summed E-state index contributed by atoms with van der Waals surface area (Å²) in [4.78, 5) is 15.2. The summed E-state index contributed by atoms with van der Waals surface area (Å²) < 4.78 is 36.3. The summed E-state index contributed by atoms with van der Waals surface area (Å²) in [5, 5.41) is 0. The van der Waals surface area contributed by atoms with Crippen LogP contribution in [0.25, 0.3) is 0 Å². The molecule has 0 amide bonds. The van der Waals surface area contributed by atoms with Gasteiger partial charge in [-0.15, -0.1) is 0 Å². The Morgan fingerprint density at radius 3 is 2.71 bits per heavy atom. The number of carbonyl (C=O) groups excluding carboxylic acids is 1. The minimum Gasteiger partial charge on any atom is -0.465 e. The van der Waals surface area contributed by atoms with Gasteiger partial charge in [0.1, 0.15) is 11.2 Å². The van der Waals surface area contributed by atoms with Gasteiger partial charge in [-0.05, 0) is 25.1 Å². The molecule has 0 atom stereocenters. The average Bonchev–Trinajstić information content (AvgIpc) is 2.82. The quantitative estimate of drug-likeness (QED) is 0.641. The van der Waals surface area contributed by atoms with Crippen LogP contribution in [-0.4, -0.2) is 26.5 Å². The first-order valence-electron chi connectivity index (χ1n) is 5.76. The first-order valence-corrected chi connectivity index (χ1v) is 7.24. The van der Waals surface area contributed by atoms with Crippen LogP contribution >= 0.6 is 0 Å². The van der Waals surface area contributed by atoms with E-state index >= 15 is 0 Å². The van der Waals surface area contributed by atoms with E-state index in [4.69, 9.17) is 10.2 Å². The highest BCUT2D eigenvalue weighted by atomic mass is 32.2. The standard InChI is InChI=1S/C12H13N3O5S/c1-7-6-20-12(14-7)15-21(17,18)10-5-8(13)3-4-9(10)11(16)19-2/h3-6H,13H2,1-2H3,(H,14,15). The number of aryl methyl sites for hydroxylation is 1. The normalized spacial score (nSPS) is 11.1. The van der Waals surface area contributed by atoms with Gasteiger partial charge in [0.05, 0.1) is 18.4 Å². The van der Waals surface area contributed by atoms with Gasteiger partial charge in [-0.3, -0.25) is 0 Å². The van der Waals surface area contributed by atoms with Crippen molar-refractivity contribution in [1.82, 2.24) is 4.98 Å². The van der Waals surface area contributed by atoms with Gasteiger partial charge in [0.15, 0.2) is 0 Å². The molecule has 2 rings (SSSR count). The summed E-state index contributed by atoms with van der Waals surface area (Å²) in [5.41, 5.74) is 6.14. The molecule has 0 saturated heterocycles. The number of carbonyl (C=O) groups is 1. The van der Waals surface area contributed by atoms with Crippen LogP contribution in [0.4, 0.5) is 11.7 Å². The van der Waals surface area contributed by atoms with Crippen LogP contribution in [-0.2, 0) is 14.8 Å². The Morgan fingerprint density at radius 1 is 1.43 bits per heavy atom. The molecule has 1 aromatic carbocycles. The van der Waals surface area contributed by atoms with Gasteiger partial charge < -0.3 is 14.9 Å². The maximum atomic E-state index is 12.3. The van der Waals surface area contributed by atoms with Gasteiger partial charge in [0.2, 0.25) is 0 Å². The number of aromatic nitrogens is 1. The van der Waals surface area contributed by atoms with Gasteiger partial charge in [-0.25, -0.2) is 17.9 Å². The molecule has 3 N–H and O–H groups in total. The fourth-order valence-electron chi connectivity index (χ4n) is 1.61. The summed E-state index contributed by atoms with van der Waals surface area (Å²) in [5.74, 6) is -0.793. The molecule has 8 nitrogen and oxygen atoms in total. The molecular formula is C12H13N3O5S. The third-order valence-corrected chi connectivity index (χ3v) is 3.90. The Bertz CT molecular complexity index is 782. The molecule has 112 valence electrons. The number of nitrogen functional groups attached to an aromatic ring is 1. The van der Waals surface area contributed by atoms with E-state index in [9.17, 15) is 13.2 Å². The Morgan fingerprint density at radius 2 is 2.14 bits per heavy atom. The van der Waals surface area contributed by atoms with Crippen molar-refractivity contribution in [2.24, 2.45) is 0 Å². The van der Waals surface area contributed by atoms with E-state index in [2.05, 4.69) is 14.4 Å². The zero-order valence-electron chi connectivity index (χ0n) is 11.3. The van der Waals surface area contributed by atoms with Crippen molar-refractivity contribution in [3.05, 3.63) is 35.7 Å². The highest BCUT2D eigenvalue weighted by Gasteiger charge is 2.25. The second-order valence-corrected chi connectivity index (χ2v) is 5.80. The van der Waals surface area contributed by atoms with Gasteiger partial charge in [-0.2, -0.15) is 4.98 Å². The Hall–Kier alpha value is -2.55. The SMILES string of the molecule is COC(=O)c1ccc(N)cc1S(=O)(=O)Nc1nc(C)co1. The summed E-state index contributed by atoms with van der Waals surface area (Å²) in [7, 11) is -2.94. The van der Waals surface area contributed by atoms with Crippen molar-refractivity contribution in [1.29, 1.82) is 0 Å². The van der Waals surface area contributed by atoms with Gasteiger partial charge in [0, 0.05) is 5.69 Å². The summed E-state index contributed by atoms with van der Waals surface area (Å²) >= 11 is 0. The van der Waals surface area contributed by atoms with Crippen LogP contribution in [0.1, 0.15) is 16.1 Å². The summed E-state index contributed by atoms with van der Waals surface area (Å²) in [6.07, 6.45) is 1.29. The van der Waals surface area contributed by atoms with Crippen LogP contribution in [0.5, 0.6) is 0 Å². The molecule has 0 aliphatic carbocycles. The number of hydrogen-bond acceptors (Lipinski definition) is 7. The van der Waals surface area contributed by atoms with Gasteiger partial charge in [0.25, 0.3) is 10.0 Å². The summed E-state index contributed by atoms with van der Waals surface area (Å²) in [6.45, 7) is 1.64. The molecule has 0 aliphatic heterocycles. The number of oxazole rings is 1. The third kappa shape index (κ3) is 3.14. The molecule has 1 heterocycles. The number of methoxy groups -OCH3 is 1. The zero-order valence-corrected chi connectivity index (χ0v) is 12.1. The first-order chi connectivity index (χ1) is 9.83. The van der Waals surface area contributed by atoms with Crippen molar-refractivity contribution in [3.8, 4) is 0 Å². The molecule has 21 heavy (non-hydrogen) atoms. The molecular weight excluding hydrogens is 298 g/mol. The lowest BCUT2D eigenvalue weighted by molar-refractivity contribution is 0.0596. The van der Waals surface area contributed by atoms with E-state index in [-0.39, 0.29) is 22.2 Å². The zero-order chi connectivity index (χ0) is 15.6. The Balaban J connectivity index is 2.48. The van der Waals surface area contributed by atoms with Crippen LogP contribution in [0.2, 0.25) is 0 Å². The lowest BCUT2D eigenvalue weighted by atomic mass is 10.2. The van der Waals surface area contributed by atoms with Crippen LogP contribution in [0, 0.1) is 6.92 Å². The van der Waals surface area contributed by atoms with Crippen LogP contribution < -0.4 is 10.5 Å². The highest BCUT2D eigenvalue weighted by molar-refractivity contribution is 7.92. The predicted molar refractivity (Wildman–Crippen MR) is 74.2 cm³/mol. The van der Waals surface area contributed by atoms with Crippen LogP contribution in [0.3, 0.4) is 0 Å². The fraction of sp³-hybridized carbons (Fsp3) is 0.167. The van der Waals surface area contributed by atoms with Gasteiger partial charge in [-0.1, -0.05) is 0 Å². The number of esters is 1. The topological polar surface area (TPSA) is 125 Å². The molecule has 0 radical (unpaired) electrons. The fourth-order valence-corrected chi connectivity index (χ4v) is 2.78. The largest absolute Gasteiger partial charge is 0.465 e. The number of hydrogen-bond donors (Lipinski definition) is 2. The van der Waals surface area contributed by atoms with E-state index in [1.807, 2.05) is 0 Å². The number of anilines is 2. The molecule has 9 heteroatoms. The Labute approximate surface area is 121 Å². The maximum absolute atomic E-state index is 12.3. The number of nitrogens with zero attached hydrogens (tertiary/aromatic N) is 1. The van der Waals surface area contributed by atoms with E-state index in [0.29, 0.717) is 5.69 Å². The molecule has 0 spiro atoms. The molecule has 0 bridgehead atoms. The number of nitrogens with two attached hydrogens (primary N) is 1. The van der Waals surface area contributed by atoms with Gasteiger partial charge >= 0.3 is 12.0 Å². The number of benzene rings is 1. The second kappa shape index (κ2) is 5.44. The first kappa shape index (κ1) is 14.9. The smallest absolute Gasteiger partial charge is 0.339 e. The monoisotopic (exact) mass is 311 g/mol. The lowest BCUT2D eigenvalue weighted by Crippen LogP contribution is -2.18. The number of sulfonamides is 1. The van der Waals surface area contributed by atoms with Crippen molar-refractivity contribution >= 4 is 27.7 Å². The number of rotatable bonds is 4. The predicted octanol–water partition coefficient (Wildman–Crippen LogP) is 1.15. The van der Waals surface area contributed by atoms with Crippen molar-refractivity contribution in [3.63, 3.8) is 0 Å². The minimum absolute atomic E-state index is 0.137. The van der Waals surface area contributed by atoms with E-state index in [1.54, 1.807) is 6.92 Å². The molecule has 1 aromatic heterocycles. The average molecular weight is 311 g/mol. The Kier molecular flexibility index (Phi) is 3.85. The van der Waals surface area contributed by atoms with Crippen molar-refractivity contribution in [2.45, 2.75) is 11.8 Å². The molecule has 2 aromatic rings. The second-order valence-electron chi connectivity index (χ2n) is 4.15. The minimum atomic E-state index is -4.10. The molecule has 0 unspecified atom stereocenters. The van der Waals surface area contributed by atoms with E-state index < -0.39 is 16.0 Å². The molecule has 0 fully saturated rings. The number of nitrogens with one attached hydrogen (secondary N) is 1. The third-order valence-electron chi connectivity index (χ3n) is 2.54. The van der Waals surface area contributed by atoms with Crippen molar-refractivity contribution < 1.29 is 22.4 Å². The molecule has 0 saturated carbocycles. The van der Waals surface area contributed by atoms with Crippen LogP contribution in [0.15, 0.2) is 33.8 Å². The molecule has 0 aliphatic rings. The van der Waals surface area contributed by atoms with E-state index in [1.165, 1.54) is 18.4 Å². The maximum Gasteiger partial charge on any atom is 0.339 e. The highest BCUT2D eigenvalue weighted by Crippen LogP contribution is 2.22. The number of ether oxygens (including phenoxy) is 1. The van der Waals surface area contributed by atoms with Crippen molar-refractivity contribution in [2.75, 3.05) is 17.6 Å². The summed E-state index contributed by atoms with van der Waals surface area (Å²) in [6, 6.07) is 3.63.